The van der Waals surface area contributed by atoms with E-state index in [1.807, 2.05) is 0 Å². The van der Waals surface area contributed by atoms with Crippen LogP contribution in [-0.2, 0) is 19.6 Å². The number of carboxylic acids is 1. The van der Waals surface area contributed by atoms with Crippen LogP contribution in [0.3, 0.4) is 0 Å². The Morgan fingerprint density at radius 3 is 2.84 bits per heavy atom. The number of halogens is 1. The van der Waals surface area contributed by atoms with Gasteiger partial charge in [0.25, 0.3) is 0 Å². The number of carboxylic acid groups (broad SMARTS) is 1. The average molecular weight is 370 g/mol. The van der Waals surface area contributed by atoms with Crippen molar-refractivity contribution in [2.24, 2.45) is 0 Å². The van der Waals surface area contributed by atoms with Crippen LogP contribution in [0.1, 0.15) is 4.88 Å². The van der Waals surface area contributed by atoms with Crippen LogP contribution in [0.15, 0.2) is 14.7 Å². The highest BCUT2D eigenvalue weighted by Crippen LogP contribution is 2.32. The second kappa shape index (κ2) is 5.49. The molecule has 0 amide bonds. The molecule has 0 aromatic carbocycles. The third-order valence-electron chi connectivity index (χ3n) is 2.76. The molecule has 6 nitrogen and oxygen atoms in total. The van der Waals surface area contributed by atoms with Crippen LogP contribution in [0.4, 0.5) is 0 Å². The van der Waals surface area contributed by atoms with Crippen molar-refractivity contribution >= 4 is 43.3 Å². The Bertz CT molecular complexity index is 597. The number of carbonyl (C=O) groups is 1. The van der Waals surface area contributed by atoms with Crippen molar-refractivity contribution in [3.05, 3.63) is 14.7 Å². The molecular weight excluding hydrogens is 358 g/mol. The number of hydrogen-bond donors (Lipinski definition) is 1. The van der Waals surface area contributed by atoms with E-state index in [9.17, 15) is 13.2 Å². The maximum atomic E-state index is 12.5. The Balaban J connectivity index is 2.29. The molecule has 0 aliphatic carbocycles. The fourth-order valence-corrected chi connectivity index (χ4v) is 5.63. The van der Waals surface area contributed by atoms with Crippen molar-refractivity contribution in [3.8, 4) is 0 Å². The molecule has 1 aliphatic heterocycles. The Kier molecular flexibility index (Phi) is 4.31. The first-order valence-electron chi connectivity index (χ1n) is 5.43. The molecule has 1 atom stereocenters. The molecule has 9 heteroatoms. The number of ether oxygens (including phenoxy) is 1. The highest BCUT2D eigenvalue weighted by atomic mass is 79.9. The van der Waals surface area contributed by atoms with Gasteiger partial charge in [0.2, 0.25) is 10.0 Å². The van der Waals surface area contributed by atoms with Gasteiger partial charge in [-0.05, 0) is 28.9 Å². The number of thiophene rings is 1. The first-order valence-corrected chi connectivity index (χ1v) is 8.48. The molecule has 19 heavy (non-hydrogen) atoms. The Morgan fingerprint density at radius 2 is 2.32 bits per heavy atom. The first-order chi connectivity index (χ1) is 8.82. The minimum Gasteiger partial charge on any atom is -0.479 e. The van der Waals surface area contributed by atoms with Crippen LogP contribution in [-0.4, -0.2) is 49.6 Å². The van der Waals surface area contributed by atoms with Crippen molar-refractivity contribution in [1.82, 2.24) is 4.31 Å². The normalized spacial score (nSPS) is 21.5. The molecular formula is C10H12BrNO5S2. The molecule has 2 rings (SSSR count). The van der Waals surface area contributed by atoms with Crippen LogP contribution in [0.25, 0.3) is 0 Å². The van der Waals surface area contributed by atoms with E-state index in [1.54, 1.807) is 13.0 Å². The standard InChI is InChI=1S/C10H12BrNO5S2/c1-6-8(4-9(11)18-6)19(15,16)12-2-3-17-7(5-12)10(13)14/h4,7H,2-3,5H2,1H3,(H,13,14). The van der Waals surface area contributed by atoms with E-state index in [4.69, 9.17) is 9.84 Å². The fraction of sp³-hybridized carbons (Fsp3) is 0.500. The molecule has 1 unspecified atom stereocenters. The van der Waals surface area contributed by atoms with Crippen molar-refractivity contribution in [2.75, 3.05) is 19.7 Å². The van der Waals surface area contributed by atoms with Gasteiger partial charge in [-0.1, -0.05) is 0 Å². The van der Waals surface area contributed by atoms with Gasteiger partial charge < -0.3 is 9.84 Å². The minimum atomic E-state index is -3.67. The van der Waals surface area contributed by atoms with Gasteiger partial charge in [0, 0.05) is 11.4 Å². The van der Waals surface area contributed by atoms with Crippen LogP contribution in [0.5, 0.6) is 0 Å². The van der Waals surface area contributed by atoms with Crippen molar-refractivity contribution < 1.29 is 23.1 Å². The first kappa shape index (κ1) is 14.9. The Morgan fingerprint density at radius 1 is 1.63 bits per heavy atom. The lowest BCUT2D eigenvalue weighted by molar-refractivity contribution is -0.153. The van der Waals surface area contributed by atoms with E-state index in [0.29, 0.717) is 4.88 Å². The second-order valence-electron chi connectivity index (χ2n) is 4.03. The summed E-state index contributed by atoms with van der Waals surface area (Å²) in [6.45, 7) is 1.81. The highest BCUT2D eigenvalue weighted by molar-refractivity contribution is 9.11. The highest BCUT2D eigenvalue weighted by Gasteiger charge is 2.35. The minimum absolute atomic E-state index is 0.0839. The molecule has 0 radical (unpaired) electrons. The molecule has 1 fully saturated rings. The van der Waals surface area contributed by atoms with Gasteiger partial charge in [-0.2, -0.15) is 4.31 Å². The van der Waals surface area contributed by atoms with E-state index in [0.717, 1.165) is 8.09 Å². The number of hydrogen-bond acceptors (Lipinski definition) is 5. The van der Waals surface area contributed by atoms with E-state index >= 15 is 0 Å². The van der Waals surface area contributed by atoms with Crippen molar-refractivity contribution in [2.45, 2.75) is 17.9 Å². The summed E-state index contributed by atoms with van der Waals surface area (Å²) in [5.41, 5.74) is 0. The maximum Gasteiger partial charge on any atom is 0.334 e. The molecule has 1 aromatic rings. The second-order valence-corrected chi connectivity index (χ2v) is 8.57. The van der Waals surface area contributed by atoms with Crippen LogP contribution >= 0.6 is 27.3 Å². The van der Waals surface area contributed by atoms with Crippen LogP contribution in [0, 0.1) is 6.92 Å². The van der Waals surface area contributed by atoms with E-state index in [1.165, 1.54) is 11.3 Å². The summed E-state index contributed by atoms with van der Waals surface area (Å²) in [6.07, 6.45) is -1.11. The zero-order chi connectivity index (χ0) is 14.2. The van der Waals surface area contributed by atoms with E-state index < -0.39 is 22.1 Å². The molecule has 106 valence electrons. The maximum absolute atomic E-state index is 12.5. The monoisotopic (exact) mass is 369 g/mol. The van der Waals surface area contributed by atoms with Gasteiger partial charge in [-0.25, -0.2) is 13.2 Å². The number of aryl methyl sites for hydroxylation is 1. The average Bonchev–Trinajstić information content (AvgIpc) is 2.69. The van der Waals surface area contributed by atoms with Gasteiger partial charge in [-0.3, -0.25) is 0 Å². The van der Waals surface area contributed by atoms with Gasteiger partial charge >= 0.3 is 5.97 Å². The molecule has 2 heterocycles. The Labute approximate surface area is 123 Å². The third kappa shape index (κ3) is 3.00. The number of aliphatic carboxylic acids is 1. The summed E-state index contributed by atoms with van der Waals surface area (Å²) in [7, 11) is -3.67. The number of morpholine rings is 1. The fourth-order valence-electron chi connectivity index (χ4n) is 1.82. The van der Waals surface area contributed by atoms with Crippen LogP contribution in [0.2, 0.25) is 0 Å². The lowest BCUT2D eigenvalue weighted by atomic mass is 10.3. The molecule has 0 bridgehead atoms. The number of rotatable bonds is 3. The smallest absolute Gasteiger partial charge is 0.334 e. The van der Waals surface area contributed by atoms with E-state index in [2.05, 4.69) is 15.9 Å². The summed E-state index contributed by atoms with van der Waals surface area (Å²) in [5.74, 6) is -1.15. The van der Waals surface area contributed by atoms with Gasteiger partial charge in [0.05, 0.1) is 21.8 Å². The topological polar surface area (TPSA) is 83.9 Å². The van der Waals surface area contributed by atoms with E-state index in [-0.39, 0.29) is 24.6 Å². The zero-order valence-corrected chi connectivity index (χ0v) is 13.2. The molecule has 1 N–H and O–H groups in total. The predicted molar refractivity (Wildman–Crippen MR) is 72.9 cm³/mol. The van der Waals surface area contributed by atoms with Crippen molar-refractivity contribution in [3.63, 3.8) is 0 Å². The predicted octanol–water partition coefficient (Wildman–Crippen LogP) is 1.29. The molecule has 1 aliphatic rings. The quantitative estimate of drug-likeness (QED) is 0.867. The van der Waals surface area contributed by atoms with Gasteiger partial charge in [0.1, 0.15) is 0 Å². The number of nitrogens with zero attached hydrogens (tertiary/aromatic N) is 1. The lowest BCUT2D eigenvalue weighted by Gasteiger charge is -2.29. The summed E-state index contributed by atoms with van der Waals surface area (Å²) >= 11 is 4.58. The zero-order valence-electron chi connectivity index (χ0n) is 10.00. The summed E-state index contributed by atoms with van der Waals surface area (Å²) < 4.78 is 31.8. The lowest BCUT2D eigenvalue weighted by Crippen LogP contribution is -2.48. The van der Waals surface area contributed by atoms with Crippen LogP contribution < -0.4 is 0 Å². The molecule has 0 saturated carbocycles. The molecule has 1 saturated heterocycles. The largest absolute Gasteiger partial charge is 0.479 e. The summed E-state index contributed by atoms with van der Waals surface area (Å²) in [6, 6.07) is 1.54. The Hall–Kier alpha value is -0.480. The summed E-state index contributed by atoms with van der Waals surface area (Å²) in [4.78, 5) is 11.8. The number of sulfonamides is 1. The SMILES string of the molecule is Cc1sc(Br)cc1S(=O)(=O)N1CCOC(C(=O)O)C1. The van der Waals surface area contributed by atoms with Crippen molar-refractivity contribution in [1.29, 1.82) is 0 Å². The van der Waals surface area contributed by atoms with Gasteiger partial charge in [0.15, 0.2) is 6.10 Å². The van der Waals surface area contributed by atoms with Gasteiger partial charge in [-0.15, -0.1) is 11.3 Å². The summed E-state index contributed by atoms with van der Waals surface area (Å²) in [5, 5.41) is 8.90. The molecule has 0 spiro atoms. The molecule has 1 aromatic heterocycles. The third-order valence-corrected chi connectivity index (χ3v) is 6.44.